The molecule has 0 atom stereocenters. The predicted octanol–water partition coefficient (Wildman–Crippen LogP) is 4.78. The maximum Gasteiger partial charge on any atom is 0.573 e. The summed E-state index contributed by atoms with van der Waals surface area (Å²) < 4.78 is 42.5. The van der Waals surface area contributed by atoms with Gasteiger partial charge in [-0.15, -0.1) is 24.5 Å². The highest BCUT2D eigenvalue weighted by Gasteiger charge is 2.31. The lowest BCUT2D eigenvalue weighted by atomic mass is 10.1. The van der Waals surface area contributed by atoms with Gasteiger partial charge in [0, 0.05) is 12.1 Å². The van der Waals surface area contributed by atoms with E-state index >= 15 is 0 Å². The maximum atomic E-state index is 12.3. The fourth-order valence-electron chi connectivity index (χ4n) is 2.90. The fourth-order valence-corrected chi connectivity index (χ4v) is 3.81. The van der Waals surface area contributed by atoms with Crippen LogP contribution in [0.3, 0.4) is 0 Å². The molecule has 1 N–H and O–H groups in total. The molecule has 3 heterocycles. The van der Waals surface area contributed by atoms with Crippen molar-refractivity contribution >= 4 is 17.2 Å². The Morgan fingerprint density at radius 1 is 1.24 bits per heavy atom. The number of alkyl halides is 3. The van der Waals surface area contributed by atoms with Crippen LogP contribution in [-0.4, -0.2) is 22.7 Å². The molecule has 3 aromatic rings. The van der Waals surface area contributed by atoms with Gasteiger partial charge in [-0.3, -0.25) is 0 Å². The molecule has 0 fully saturated rings. The second kappa shape index (κ2) is 5.80. The van der Waals surface area contributed by atoms with Gasteiger partial charge in [0.2, 0.25) is 0 Å². The molecule has 8 heteroatoms. The first-order valence-electron chi connectivity index (χ1n) is 7.68. The summed E-state index contributed by atoms with van der Waals surface area (Å²) in [5.74, 6) is 0.646. The highest BCUT2D eigenvalue weighted by molar-refractivity contribution is 7.13. The first-order chi connectivity index (χ1) is 11.9. The number of ether oxygens (including phenoxy) is 1. The molecule has 130 valence electrons. The van der Waals surface area contributed by atoms with E-state index in [1.807, 2.05) is 6.92 Å². The van der Waals surface area contributed by atoms with Gasteiger partial charge in [-0.25, -0.2) is 4.68 Å². The van der Waals surface area contributed by atoms with Crippen molar-refractivity contribution in [2.75, 3.05) is 11.9 Å². The maximum absolute atomic E-state index is 12.3. The van der Waals surface area contributed by atoms with Crippen LogP contribution in [0.5, 0.6) is 5.75 Å². The Kier molecular flexibility index (Phi) is 3.72. The molecule has 0 saturated carbocycles. The highest BCUT2D eigenvalue weighted by Crippen LogP contribution is 2.37. The summed E-state index contributed by atoms with van der Waals surface area (Å²) in [6.45, 7) is 2.86. The molecular formula is C17H14F3N3OS. The van der Waals surface area contributed by atoms with Gasteiger partial charge in [-0.2, -0.15) is 5.10 Å². The van der Waals surface area contributed by atoms with Crippen molar-refractivity contribution in [2.45, 2.75) is 19.7 Å². The normalized spacial score (nSPS) is 13.6. The molecule has 0 unspecified atom stereocenters. The minimum absolute atomic E-state index is 0.248. The van der Waals surface area contributed by atoms with Gasteiger partial charge in [-0.1, -0.05) is 0 Å². The zero-order chi connectivity index (χ0) is 17.6. The van der Waals surface area contributed by atoms with Crippen molar-refractivity contribution in [1.82, 2.24) is 9.78 Å². The second-order valence-electron chi connectivity index (χ2n) is 5.79. The van der Waals surface area contributed by atoms with Crippen molar-refractivity contribution in [3.63, 3.8) is 0 Å². The number of nitrogens with zero attached hydrogens (tertiary/aromatic N) is 2. The molecule has 0 radical (unpaired) electrons. The number of thiophene rings is 1. The van der Waals surface area contributed by atoms with E-state index in [0.717, 1.165) is 34.9 Å². The average Bonchev–Trinajstić information content (AvgIpc) is 3.22. The summed E-state index contributed by atoms with van der Waals surface area (Å²) in [6, 6.07) is 7.81. The molecule has 0 spiro atoms. The average molecular weight is 365 g/mol. The van der Waals surface area contributed by atoms with Crippen LogP contribution in [0.15, 0.2) is 35.7 Å². The Bertz CT molecular complexity index is 912. The van der Waals surface area contributed by atoms with E-state index in [2.05, 4.69) is 21.5 Å². The first-order valence-corrected chi connectivity index (χ1v) is 8.56. The second-order valence-corrected chi connectivity index (χ2v) is 6.71. The fraction of sp³-hybridized carbons (Fsp3) is 0.235. The third-order valence-corrected chi connectivity index (χ3v) is 4.98. The van der Waals surface area contributed by atoms with Gasteiger partial charge < -0.3 is 10.1 Å². The van der Waals surface area contributed by atoms with E-state index < -0.39 is 6.36 Å². The standard InChI is InChI=1S/C17H14F3N3OS/c1-10-8-14(25-9-10)15-13-6-7-21-16(13)23(22-15)11-2-4-12(5-3-11)24-17(18,19)20/h2-5,8-9,21H,6-7H2,1H3. The number of fused-ring (bicyclic) bond motifs is 1. The Balaban J connectivity index is 1.71. The smallest absolute Gasteiger partial charge is 0.406 e. The largest absolute Gasteiger partial charge is 0.573 e. The summed E-state index contributed by atoms with van der Waals surface area (Å²) in [5.41, 5.74) is 3.92. The lowest BCUT2D eigenvalue weighted by Crippen LogP contribution is -2.17. The van der Waals surface area contributed by atoms with Crippen molar-refractivity contribution in [2.24, 2.45) is 0 Å². The topological polar surface area (TPSA) is 39.1 Å². The van der Waals surface area contributed by atoms with Crippen molar-refractivity contribution in [3.05, 3.63) is 46.8 Å². The molecule has 0 amide bonds. The quantitative estimate of drug-likeness (QED) is 0.726. The molecule has 0 bridgehead atoms. The number of rotatable bonds is 3. The number of benzene rings is 1. The number of nitrogens with one attached hydrogen (secondary N) is 1. The zero-order valence-corrected chi connectivity index (χ0v) is 14.0. The van der Waals surface area contributed by atoms with Gasteiger partial charge in [0.05, 0.1) is 10.6 Å². The molecule has 1 aromatic carbocycles. The van der Waals surface area contributed by atoms with Gasteiger partial charge in [-0.05, 0) is 54.6 Å². The minimum atomic E-state index is -4.69. The van der Waals surface area contributed by atoms with E-state index in [4.69, 9.17) is 5.10 Å². The minimum Gasteiger partial charge on any atom is -0.406 e. The highest BCUT2D eigenvalue weighted by atomic mass is 32.1. The lowest BCUT2D eigenvalue weighted by molar-refractivity contribution is -0.274. The van der Waals surface area contributed by atoms with E-state index in [1.54, 1.807) is 28.2 Å². The molecule has 1 aliphatic heterocycles. The van der Waals surface area contributed by atoms with Crippen molar-refractivity contribution < 1.29 is 17.9 Å². The summed E-state index contributed by atoms with van der Waals surface area (Å²) >= 11 is 1.64. The van der Waals surface area contributed by atoms with Crippen LogP contribution in [0, 0.1) is 6.92 Å². The number of hydrogen-bond acceptors (Lipinski definition) is 4. The molecule has 1 aliphatic rings. The van der Waals surface area contributed by atoms with Crippen LogP contribution < -0.4 is 10.1 Å². The monoisotopic (exact) mass is 365 g/mol. The molecule has 4 nitrogen and oxygen atoms in total. The van der Waals surface area contributed by atoms with E-state index in [-0.39, 0.29) is 5.75 Å². The van der Waals surface area contributed by atoms with Crippen LogP contribution in [0.4, 0.5) is 19.0 Å². The van der Waals surface area contributed by atoms with Gasteiger partial charge in [0.25, 0.3) is 0 Å². The Hall–Kier alpha value is -2.48. The molecule has 0 saturated heterocycles. The van der Waals surface area contributed by atoms with Crippen molar-refractivity contribution in [1.29, 1.82) is 0 Å². The number of aromatic nitrogens is 2. The summed E-state index contributed by atoms with van der Waals surface area (Å²) in [7, 11) is 0. The SMILES string of the molecule is Cc1csc(-c2nn(-c3ccc(OC(F)(F)F)cc3)c3c2CCN3)c1. The molecule has 2 aromatic heterocycles. The Morgan fingerprint density at radius 3 is 2.64 bits per heavy atom. The van der Waals surface area contributed by atoms with Crippen LogP contribution in [-0.2, 0) is 6.42 Å². The number of anilines is 1. The third kappa shape index (κ3) is 3.09. The first kappa shape index (κ1) is 16.0. The zero-order valence-electron chi connectivity index (χ0n) is 13.2. The predicted molar refractivity (Wildman–Crippen MR) is 90.5 cm³/mol. The van der Waals surface area contributed by atoms with Crippen LogP contribution in [0.1, 0.15) is 11.1 Å². The van der Waals surface area contributed by atoms with E-state index in [0.29, 0.717) is 5.69 Å². The number of hydrogen-bond donors (Lipinski definition) is 1. The van der Waals surface area contributed by atoms with Gasteiger partial charge in [0.1, 0.15) is 17.3 Å². The van der Waals surface area contributed by atoms with E-state index in [9.17, 15) is 13.2 Å². The summed E-state index contributed by atoms with van der Waals surface area (Å²) in [4.78, 5) is 1.09. The Morgan fingerprint density at radius 2 is 2.00 bits per heavy atom. The lowest BCUT2D eigenvalue weighted by Gasteiger charge is -2.10. The van der Waals surface area contributed by atoms with Gasteiger partial charge in [0.15, 0.2) is 0 Å². The van der Waals surface area contributed by atoms with Crippen molar-refractivity contribution in [3.8, 4) is 22.0 Å². The van der Waals surface area contributed by atoms with Crippen LogP contribution in [0.2, 0.25) is 0 Å². The summed E-state index contributed by atoms with van der Waals surface area (Å²) in [5, 5.41) is 10.1. The summed E-state index contributed by atoms with van der Waals surface area (Å²) in [6.07, 6.45) is -3.82. The molecule has 0 aliphatic carbocycles. The molecule has 4 rings (SSSR count). The molecule has 25 heavy (non-hydrogen) atoms. The van der Waals surface area contributed by atoms with E-state index in [1.165, 1.54) is 17.7 Å². The number of halogens is 3. The third-order valence-electron chi connectivity index (χ3n) is 3.93. The van der Waals surface area contributed by atoms with Gasteiger partial charge >= 0.3 is 6.36 Å². The van der Waals surface area contributed by atoms with Crippen LogP contribution in [0.25, 0.3) is 16.3 Å². The number of aryl methyl sites for hydroxylation is 1. The van der Waals surface area contributed by atoms with Crippen LogP contribution >= 0.6 is 11.3 Å². The molecular weight excluding hydrogens is 351 g/mol. The Labute approximate surface area is 145 Å².